The Bertz CT molecular complexity index is 616. The summed E-state index contributed by atoms with van der Waals surface area (Å²) in [6.45, 7) is 0.305. The van der Waals surface area contributed by atoms with Crippen molar-refractivity contribution in [2.45, 2.75) is 12.7 Å². The molecule has 0 saturated heterocycles. The molecule has 1 unspecified atom stereocenters. The quantitative estimate of drug-likeness (QED) is 0.726. The molecule has 21 heavy (non-hydrogen) atoms. The van der Waals surface area contributed by atoms with Crippen molar-refractivity contribution in [1.29, 1.82) is 0 Å². The van der Waals surface area contributed by atoms with E-state index in [4.69, 9.17) is 21.1 Å². The van der Waals surface area contributed by atoms with Crippen LogP contribution in [0.2, 0.25) is 5.02 Å². The number of carbonyl (C=O) groups excluding carboxylic acids is 1. The Kier molecular flexibility index (Phi) is 5.79. The van der Waals surface area contributed by atoms with Crippen molar-refractivity contribution in [3.05, 3.63) is 69.2 Å². The Morgan fingerprint density at radius 1 is 1.24 bits per heavy atom. The van der Waals surface area contributed by atoms with Crippen LogP contribution in [0.1, 0.15) is 17.2 Å². The van der Waals surface area contributed by atoms with E-state index in [-0.39, 0.29) is 0 Å². The molecule has 2 rings (SSSR count). The first-order valence-corrected chi connectivity index (χ1v) is 7.47. The van der Waals surface area contributed by atoms with Crippen LogP contribution in [-0.2, 0) is 20.9 Å². The van der Waals surface area contributed by atoms with Gasteiger partial charge >= 0.3 is 5.97 Å². The lowest BCUT2D eigenvalue weighted by Crippen LogP contribution is -2.18. The zero-order valence-electron chi connectivity index (χ0n) is 11.4. The zero-order chi connectivity index (χ0) is 15.2. The van der Waals surface area contributed by atoms with Crippen molar-refractivity contribution in [1.82, 2.24) is 0 Å². The lowest BCUT2D eigenvalue weighted by atomic mass is 10.1. The van der Waals surface area contributed by atoms with Gasteiger partial charge in [-0.2, -0.15) is 0 Å². The molecule has 0 aliphatic rings. The average Bonchev–Trinajstić information content (AvgIpc) is 2.51. The summed E-state index contributed by atoms with van der Waals surface area (Å²) in [5.41, 5.74) is 1.62. The van der Waals surface area contributed by atoms with E-state index in [2.05, 4.69) is 15.9 Å². The Labute approximate surface area is 137 Å². The average molecular weight is 370 g/mol. The van der Waals surface area contributed by atoms with E-state index in [1.54, 1.807) is 18.2 Å². The first-order valence-electron chi connectivity index (χ1n) is 6.30. The van der Waals surface area contributed by atoms with Gasteiger partial charge in [0.2, 0.25) is 0 Å². The third-order valence-electron chi connectivity index (χ3n) is 2.92. The molecule has 0 fully saturated rings. The first-order chi connectivity index (χ1) is 10.1. The molecule has 0 N–H and O–H groups in total. The zero-order valence-corrected chi connectivity index (χ0v) is 13.7. The lowest BCUT2D eigenvalue weighted by molar-refractivity contribution is -0.155. The van der Waals surface area contributed by atoms with Crippen LogP contribution in [0, 0.1) is 0 Å². The lowest BCUT2D eigenvalue weighted by Gasteiger charge is -2.17. The highest BCUT2D eigenvalue weighted by atomic mass is 79.9. The molecule has 0 aliphatic heterocycles. The first kappa shape index (κ1) is 16.0. The molecule has 5 heteroatoms. The number of rotatable bonds is 5. The van der Waals surface area contributed by atoms with Crippen LogP contribution < -0.4 is 0 Å². The van der Waals surface area contributed by atoms with E-state index in [1.807, 2.05) is 30.3 Å². The Hall–Kier alpha value is -1.36. The summed E-state index contributed by atoms with van der Waals surface area (Å²) < 4.78 is 11.3. The molecular weight excluding hydrogens is 356 g/mol. The molecule has 2 aromatic carbocycles. The fraction of sp³-hybridized carbons (Fsp3) is 0.188. The van der Waals surface area contributed by atoms with Crippen LogP contribution in [0.5, 0.6) is 0 Å². The second-order valence-electron chi connectivity index (χ2n) is 4.37. The molecule has 1 atom stereocenters. The fourth-order valence-corrected chi connectivity index (χ4v) is 2.50. The third-order valence-corrected chi connectivity index (χ3v) is 3.87. The van der Waals surface area contributed by atoms with E-state index in [9.17, 15) is 4.79 Å². The summed E-state index contributed by atoms with van der Waals surface area (Å²) in [6.07, 6.45) is -0.830. The van der Waals surface area contributed by atoms with Gasteiger partial charge in [0.1, 0.15) is 0 Å². The molecule has 110 valence electrons. The largest absolute Gasteiger partial charge is 0.467 e. The molecule has 0 aliphatic carbocycles. The van der Waals surface area contributed by atoms with Gasteiger partial charge in [-0.05, 0) is 23.8 Å². The van der Waals surface area contributed by atoms with Gasteiger partial charge in [-0.15, -0.1) is 0 Å². The number of carbonyl (C=O) groups is 1. The Morgan fingerprint density at radius 3 is 2.62 bits per heavy atom. The molecule has 0 heterocycles. The topological polar surface area (TPSA) is 35.5 Å². The maximum absolute atomic E-state index is 12.0. The standard InChI is InChI=1S/C16H14BrClO3/c1-20-16(19)15(13-9-12(18)7-8-14(13)17)21-10-11-5-3-2-4-6-11/h2-9,15H,10H2,1H3. The monoisotopic (exact) mass is 368 g/mol. The molecule has 0 radical (unpaired) electrons. The molecule has 2 aromatic rings. The predicted octanol–water partition coefficient (Wildman–Crippen LogP) is 4.53. The molecule has 0 saturated carbocycles. The van der Waals surface area contributed by atoms with E-state index in [0.717, 1.165) is 10.0 Å². The number of methoxy groups -OCH3 is 1. The second kappa shape index (κ2) is 7.59. The third kappa shape index (κ3) is 4.30. The summed E-state index contributed by atoms with van der Waals surface area (Å²) in [7, 11) is 1.33. The van der Waals surface area contributed by atoms with Crippen molar-refractivity contribution in [2.75, 3.05) is 7.11 Å². The summed E-state index contributed by atoms with van der Waals surface area (Å²) in [4.78, 5) is 12.0. The van der Waals surface area contributed by atoms with Gasteiger partial charge in [-0.3, -0.25) is 0 Å². The normalized spacial score (nSPS) is 12.0. The van der Waals surface area contributed by atoms with Gasteiger partial charge < -0.3 is 9.47 Å². The van der Waals surface area contributed by atoms with Crippen LogP contribution in [-0.4, -0.2) is 13.1 Å². The van der Waals surface area contributed by atoms with Gasteiger partial charge in [-0.1, -0.05) is 57.9 Å². The summed E-state index contributed by atoms with van der Waals surface area (Å²) >= 11 is 9.41. The van der Waals surface area contributed by atoms with Crippen molar-refractivity contribution < 1.29 is 14.3 Å². The highest BCUT2D eigenvalue weighted by Crippen LogP contribution is 2.30. The summed E-state index contributed by atoms with van der Waals surface area (Å²) in [5.74, 6) is -0.464. The van der Waals surface area contributed by atoms with Crippen molar-refractivity contribution in [2.24, 2.45) is 0 Å². The molecule has 0 spiro atoms. The van der Waals surface area contributed by atoms with Crippen LogP contribution in [0.4, 0.5) is 0 Å². The molecule has 3 nitrogen and oxygen atoms in total. The number of hydrogen-bond acceptors (Lipinski definition) is 3. The maximum atomic E-state index is 12.0. The van der Waals surface area contributed by atoms with E-state index in [1.165, 1.54) is 7.11 Å². The van der Waals surface area contributed by atoms with Gasteiger partial charge in [0, 0.05) is 15.1 Å². The van der Waals surface area contributed by atoms with Crippen LogP contribution in [0.3, 0.4) is 0 Å². The highest BCUT2D eigenvalue weighted by Gasteiger charge is 2.25. The number of ether oxygens (including phenoxy) is 2. The van der Waals surface area contributed by atoms with E-state index >= 15 is 0 Å². The van der Waals surface area contributed by atoms with Gasteiger partial charge in [0.15, 0.2) is 6.10 Å². The van der Waals surface area contributed by atoms with Gasteiger partial charge in [0.25, 0.3) is 0 Å². The Balaban J connectivity index is 2.22. The van der Waals surface area contributed by atoms with Crippen molar-refractivity contribution in [3.8, 4) is 0 Å². The SMILES string of the molecule is COC(=O)C(OCc1ccccc1)c1cc(Cl)ccc1Br. The predicted molar refractivity (Wildman–Crippen MR) is 85.1 cm³/mol. The minimum absolute atomic E-state index is 0.305. The second-order valence-corrected chi connectivity index (χ2v) is 5.66. The van der Waals surface area contributed by atoms with E-state index in [0.29, 0.717) is 17.2 Å². The smallest absolute Gasteiger partial charge is 0.339 e. The van der Waals surface area contributed by atoms with Crippen LogP contribution >= 0.6 is 27.5 Å². The Morgan fingerprint density at radius 2 is 1.95 bits per heavy atom. The molecule has 0 bridgehead atoms. The van der Waals surface area contributed by atoms with Crippen molar-refractivity contribution >= 4 is 33.5 Å². The molecule has 0 aromatic heterocycles. The summed E-state index contributed by atoms with van der Waals surface area (Å²) in [6, 6.07) is 14.8. The van der Waals surface area contributed by atoms with E-state index < -0.39 is 12.1 Å². The van der Waals surface area contributed by atoms with Crippen LogP contribution in [0.25, 0.3) is 0 Å². The minimum atomic E-state index is -0.830. The number of benzene rings is 2. The summed E-state index contributed by atoms with van der Waals surface area (Å²) in [5, 5.41) is 0.533. The number of hydrogen-bond donors (Lipinski definition) is 0. The molecular formula is C16H14BrClO3. The van der Waals surface area contributed by atoms with Crippen LogP contribution in [0.15, 0.2) is 53.0 Å². The fourth-order valence-electron chi connectivity index (χ4n) is 1.86. The minimum Gasteiger partial charge on any atom is -0.467 e. The number of esters is 1. The van der Waals surface area contributed by atoms with Gasteiger partial charge in [-0.25, -0.2) is 4.79 Å². The maximum Gasteiger partial charge on any atom is 0.339 e. The van der Waals surface area contributed by atoms with Crippen molar-refractivity contribution in [3.63, 3.8) is 0 Å². The van der Waals surface area contributed by atoms with Gasteiger partial charge in [0.05, 0.1) is 13.7 Å². The number of halogens is 2. The highest BCUT2D eigenvalue weighted by molar-refractivity contribution is 9.10. The molecule has 0 amide bonds.